The molecule has 0 unspecified atom stereocenters. The molecule has 1 aromatic rings. The maximum absolute atomic E-state index is 11.7. The van der Waals surface area contributed by atoms with Crippen molar-refractivity contribution >= 4 is 23.3 Å². The van der Waals surface area contributed by atoms with Crippen LogP contribution in [0.5, 0.6) is 0 Å². The monoisotopic (exact) mass is 292 g/mol. The number of anilines is 1. The molecule has 1 aliphatic rings. The molecule has 0 amide bonds. The molecule has 2 rings (SSSR count). The standard InChI is InChI=1S/C15H17ClN2O2/c1-10-9-18(6-5-13(10)15(19)20-2)14-7-12(16)4-3-11(14)8-17/h3-4,7,10,13H,5-6,9H2,1-2H3/t10-,13-/m1/s1. The Balaban J connectivity index is 2.20. The Bertz CT molecular complexity index is 553. The van der Waals surface area contributed by atoms with E-state index in [9.17, 15) is 10.1 Å². The van der Waals surface area contributed by atoms with Gasteiger partial charge in [-0.15, -0.1) is 0 Å². The van der Waals surface area contributed by atoms with Gasteiger partial charge in [0.05, 0.1) is 24.3 Å². The summed E-state index contributed by atoms with van der Waals surface area (Å²) in [5.74, 6) is -0.0357. The number of ether oxygens (including phenoxy) is 1. The second-order valence-electron chi connectivity index (χ2n) is 5.11. The highest BCUT2D eigenvalue weighted by Gasteiger charge is 2.32. The number of benzene rings is 1. The zero-order chi connectivity index (χ0) is 14.7. The molecule has 4 nitrogen and oxygen atoms in total. The Labute approximate surface area is 123 Å². The molecule has 1 heterocycles. The van der Waals surface area contributed by atoms with Crippen LogP contribution in [-0.4, -0.2) is 26.2 Å². The summed E-state index contributed by atoms with van der Waals surface area (Å²) >= 11 is 6.02. The molecule has 0 bridgehead atoms. The van der Waals surface area contributed by atoms with Crippen LogP contribution in [0.2, 0.25) is 5.02 Å². The molecule has 0 N–H and O–H groups in total. The van der Waals surface area contributed by atoms with Crippen molar-refractivity contribution in [3.63, 3.8) is 0 Å². The van der Waals surface area contributed by atoms with Gasteiger partial charge >= 0.3 is 5.97 Å². The zero-order valence-electron chi connectivity index (χ0n) is 11.6. The number of rotatable bonds is 2. The van der Waals surface area contributed by atoms with Crippen LogP contribution >= 0.6 is 11.6 Å². The lowest BCUT2D eigenvalue weighted by Gasteiger charge is -2.37. The third-order valence-electron chi connectivity index (χ3n) is 3.83. The Morgan fingerprint density at radius 1 is 1.55 bits per heavy atom. The summed E-state index contributed by atoms with van der Waals surface area (Å²) in [5, 5.41) is 9.80. The average Bonchev–Trinajstić information content (AvgIpc) is 2.46. The Morgan fingerprint density at radius 2 is 2.30 bits per heavy atom. The smallest absolute Gasteiger partial charge is 0.309 e. The fourth-order valence-electron chi connectivity index (χ4n) is 2.73. The van der Waals surface area contributed by atoms with Gasteiger partial charge in [0.15, 0.2) is 0 Å². The van der Waals surface area contributed by atoms with Crippen molar-refractivity contribution < 1.29 is 9.53 Å². The molecule has 0 saturated carbocycles. The molecule has 0 aliphatic carbocycles. The number of halogens is 1. The summed E-state index contributed by atoms with van der Waals surface area (Å²) in [4.78, 5) is 13.8. The van der Waals surface area contributed by atoms with Gasteiger partial charge in [0.25, 0.3) is 0 Å². The predicted molar refractivity (Wildman–Crippen MR) is 77.7 cm³/mol. The zero-order valence-corrected chi connectivity index (χ0v) is 12.4. The van der Waals surface area contributed by atoms with Crippen molar-refractivity contribution in [3.8, 4) is 6.07 Å². The Kier molecular flexibility index (Phi) is 4.51. The second kappa shape index (κ2) is 6.15. The van der Waals surface area contributed by atoms with E-state index in [2.05, 4.69) is 11.0 Å². The summed E-state index contributed by atoms with van der Waals surface area (Å²) in [6.07, 6.45) is 0.727. The third-order valence-corrected chi connectivity index (χ3v) is 4.07. The van der Waals surface area contributed by atoms with Crippen LogP contribution in [0.3, 0.4) is 0 Å². The first-order chi connectivity index (χ1) is 9.56. The van der Waals surface area contributed by atoms with E-state index in [-0.39, 0.29) is 17.8 Å². The number of esters is 1. The Morgan fingerprint density at radius 3 is 2.90 bits per heavy atom. The van der Waals surface area contributed by atoms with E-state index in [0.29, 0.717) is 10.6 Å². The quantitative estimate of drug-likeness (QED) is 0.787. The maximum atomic E-state index is 11.7. The molecule has 0 spiro atoms. The molecule has 0 aromatic heterocycles. The van der Waals surface area contributed by atoms with Gasteiger partial charge in [0.2, 0.25) is 0 Å². The molecule has 1 saturated heterocycles. The van der Waals surface area contributed by atoms with E-state index in [1.165, 1.54) is 7.11 Å². The molecular formula is C15H17ClN2O2. The first-order valence-electron chi connectivity index (χ1n) is 6.59. The van der Waals surface area contributed by atoms with Crippen LogP contribution in [0.25, 0.3) is 0 Å². The largest absolute Gasteiger partial charge is 0.469 e. The van der Waals surface area contributed by atoms with E-state index in [1.54, 1.807) is 12.1 Å². The summed E-state index contributed by atoms with van der Waals surface area (Å²) in [6, 6.07) is 7.45. The van der Waals surface area contributed by atoms with Crippen LogP contribution < -0.4 is 4.90 Å². The van der Waals surface area contributed by atoms with Crippen molar-refractivity contribution in [1.82, 2.24) is 0 Å². The van der Waals surface area contributed by atoms with Crippen molar-refractivity contribution in [2.24, 2.45) is 11.8 Å². The number of nitriles is 1. The Hall–Kier alpha value is -1.73. The van der Waals surface area contributed by atoms with Crippen molar-refractivity contribution in [3.05, 3.63) is 28.8 Å². The van der Waals surface area contributed by atoms with Crippen molar-refractivity contribution in [1.29, 1.82) is 5.26 Å². The van der Waals surface area contributed by atoms with Crippen LogP contribution in [-0.2, 0) is 9.53 Å². The van der Waals surface area contributed by atoms with E-state index >= 15 is 0 Å². The highest BCUT2D eigenvalue weighted by atomic mass is 35.5. The lowest BCUT2D eigenvalue weighted by molar-refractivity contribution is -0.147. The number of hydrogen-bond acceptors (Lipinski definition) is 4. The minimum absolute atomic E-state index is 0.0685. The fourth-order valence-corrected chi connectivity index (χ4v) is 2.89. The molecule has 5 heteroatoms. The lowest BCUT2D eigenvalue weighted by atomic mass is 9.86. The van der Waals surface area contributed by atoms with Gasteiger partial charge in [0.1, 0.15) is 6.07 Å². The molecule has 1 aromatic carbocycles. The molecular weight excluding hydrogens is 276 g/mol. The molecule has 1 aliphatic heterocycles. The minimum atomic E-state index is -0.149. The molecule has 20 heavy (non-hydrogen) atoms. The van der Waals surface area contributed by atoms with Gasteiger partial charge in [-0.05, 0) is 30.5 Å². The van der Waals surface area contributed by atoms with Gasteiger partial charge in [0, 0.05) is 18.1 Å². The van der Waals surface area contributed by atoms with Gasteiger partial charge < -0.3 is 9.64 Å². The van der Waals surface area contributed by atoms with Gasteiger partial charge in [-0.25, -0.2) is 0 Å². The predicted octanol–water partition coefficient (Wildman–Crippen LogP) is 2.85. The SMILES string of the molecule is COC(=O)[C@@H]1CCN(c2cc(Cl)ccc2C#N)C[C@H]1C. The van der Waals surface area contributed by atoms with Crippen LogP contribution in [0.15, 0.2) is 18.2 Å². The number of nitrogens with zero attached hydrogens (tertiary/aromatic N) is 2. The topological polar surface area (TPSA) is 53.3 Å². The molecule has 106 valence electrons. The van der Waals surface area contributed by atoms with E-state index < -0.39 is 0 Å². The summed E-state index contributed by atoms with van der Waals surface area (Å²) in [5.41, 5.74) is 1.45. The normalized spacial score (nSPS) is 22.2. The highest BCUT2D eigenvalue weighted by molar-refractivity contribution is 6.30. The van der Waals surface area contributed by atoms with Crippen LogP contribution in [0.4, 0.5) is 5.69 Å². The molecule has 0 radical (unpaired) electrons. The summed E-state index contributed by atoms with van der Waals surface area (Å²) < 4.78 is 4.83. The van der Waals surface area contributed by atoms with E-state index in [1.807, 2.05) is 13.0 Å². The van der Waals surface area contributed by atoms with E-state index in [4.69, 9.17) is 16.3 Å². The highest BCUT2D eigenvalue weighted by Crippen LogP contribution is 2.31. The van der Waals surface area contributed by atoms with Crippen molar-refractivity contribution in [2.45, 2.75) is 13.3 Å². The van der Waals surface area contributed by atoms with Gasteiger partial charge in [-0.1, -0.05) is 18.5 Å². The van der Waals surface area contributed by atoms with Crippen molar-refractivity contribution in [2.75, 3.05) is 25.1 Å². The first kappa shape index (κ1) is 14.7. The summed E-state index contributed by atoms with van der Waals surface area (Å²) in [7, 11) is 1.42. The lowest BCUT2D eigenvalue weighted by Crippen LogP contribution is -2.42. The third kappa shape index (κ3) is 2.88. The molecule has 1 fully saturated rings. The summed E-state index contributed by atoms with van der Waals surface area (Å²) in [6.45, 7) is 3.47. The maximum Gasteiger partial charge on any atom is 0.309 e. The first-order valence-corrected chi connectivity index (χ1v) is 6.97. The second-order valence-corrected chi connectivity index (χ2v) is 5.55. The van der Waals surface area contributed by atoms with Crippen LogP contribution in [0.1, 0.15) is 18.9 Å². The van der Waals surface area contributed by atoms with Crippen LogP contribution in [0, 0.1) is 23.2 Å². The average molecular weight is 293 g/mol. The fraction of sp³-hybridized carbons (Fsp3) is 0.467. The van der Waals surface area contributed by atoms with Gasteiger partial charge in [-0.3, -0.25) is 4.79 Å². The number of piperidine rings is 1. The molecule has 2 atom stereocenters. The number of carbonyl (C=O) groups is 1. The van der Waals surface area contributed by atoms with E-state index in [0.717, 1.165) is 25.2 Å². The number of methoxy groups -OCH3 is 1. The minimum Gasteiger partial charge on any atom is -0.469 e. The number of hydrogen-bond donors (Lipinski definition) is 0. The number of carbonyl (C=O) groups excluding carboxylic acids is 1. The van der Waals surface area contributed by atoms with Gasteiger partial charge in [-0.2, -0.15) is 5.26 Å².